The maximum Gasteiger partial charge on any atom is 0.333 e. The van der Waals surface area contributed by atoms with Gasteiger partial charge in [0.1, 0.15) is 0 Å². The quantitative estimate of drug-likeness (QED) is 0.528. The molecule has 1 atom stereocenters. The molecule has 0 aromatic rings. The SMILES string of the molecule is C=C(CC)C1(C(=O)OCC)CCC(C(=O)OCC)=C(CC)C1. The Bertz CT molecular complexity index is 475. The Hall–Kier alpha value is -1.58. The maximum atomic E-state index is 12.6. The van der Waals surface area contributed by atoms with Gasteiger partial charge in [-0.1, -0.05) is 31.6 Å². The number of rotatable bonds is 7. The molecule has 22 heavy (non-hydrogen) atoms. The van der Waals surface area contributed by atoms with E-state index >= 15 is 0 Å². The lowest BCUT2D eigenvalue weighted by molar-refractivity contribution is -0.154. The number of esters is 2. The first kappa shape index (κ1) is 18.5. The summed E-state index contributed by atoms with van der Waals surface area (Å²) >= 11 is 0. The van der Waals surface area contributed by atoms with E-state index in [0.717, 1.165) is 29.6 Å². The van der Waals surface area contributed by atoms with Crippen LogP contribution in [0.25, 0.3) is 0 Å². The molecule has 0 bridgehead atoms. The van der Waals surface area contributed by atoms with E-state index in [0.29, 0.717) is 32.5 Å². The second-order valence-corrected chi connectivity index (χ2v) is 5.59. The number of hydrogen-bond donors (Lipinski definition) is 0. The van der Waals surface area contributed by atoms with Gasteiger partial charge in [-0.3, -0.25) is 4.79 Å². The van der Waals surface area contributed by atoms with Crippen LogP contribution in [0.5, 0.6) is 0 Å². The van der Waals surface area contributed by atoms with Gasteiger partial charge in [-0.25, -0.2) is 4.79 Å². The fourth-order valence-corrected chi connectivity index (χ4v) is 3.11. The van der Waals surface area contributed by atoms with Crippen LogP contribution in [-0.4, -0.2) is 25.2 Å². The summed E-state index contributed by atoms with van der Waals surface area (Å²) in [5, 5.41) is 0. The van der Waals surface area contributed by atoms with Gasteiger partial charge in [0.05, 0.1) is 18.6 Å². The normalized spacial score (nSPS) is 21.5. The predicted octanol–water partition coefficient (Wildman–Crippen LogP) is 3.96. The molecule has 0 amide bonds. The minimum atomic E-state index is -0.688. The largest absolute Gasteiger partial charge is 0.465 e. The topological polar surface area (TPSA) is 52.6 Å². The zero-order valence-corrected chi connectivity index (χ0v) is 14.3. The molecule has 0 heterocycles. The van der Waals surface area contributed by atoms with Crippen molar-refractivity contribution in [3.63, 3.8) is 0 Å². The van der Waals surface area contributed by atoms with Crippen LogP contribution in [0, 0.1) is 5.41 Å². The van der Waals surface area contributed by atoms with Crippen molar-refractivity contribution in [3.8, 4) is 0 Å². The van der Waals surface area contributed by atoms with Crippen molar-refractivity contribution in [1.29, 1.82) is 0 Å². The summed E-state index contributed by atoms with van der Waals surface area (Å²) in [5.74, 6) is -0.463. The first-order valence-corrected chi connectivity index (χ1v) is 8.20. The highest BCUT2D eigenvalue weighted by Gasteiger charge is 2.45. The van der Waals surface area contributed by atoms with Gasteiger partial charge in [0.2, 0.25) is 0 Å². The Labute approximate surface area is 133 Å². The van der Waals surface area contributed by atoms with E-state index in [1.165, 1.54) is 0 Å². The van der Waals surface area contributed by atoms with Crippen molar-refractivity contribution >= 4 is 11.9 Å². The summed E-state index contributed by atoms with van der Waals surface area (Å²) in [4.78, 5) is 24.7. The monoisotopic (exact) mass is 308 g/mol. The Morgan fingerprint density at radius 2 is 1.77 bits per heavy atom. The van der Waals surface area contributed by atoms with E-state index in [9.17, 15) is 9.59 Å². The van der Waals surface area contributed by atoms with Gasteiger partial charge >= 0.3 is 11.9 Å². The van der Waals surface area contributed by atoms with Gasteiger partial charge in [-0.05, 0) is 46.0 Å². The molecular formula is C18H28O4. The highest BCUT2D eigenvalue weighted by atomic mass is 16.5. The average molecular weight is 308 g/mol. The molecule has 4 nitrogen and oxygen atoms in total. The van der Waals surface area contributed by atoms with Gasteiger partial charge in [0, 0.05) is 5.57 Å². The molecule has 0 saturated carbocycles. The van der Waals surface area contributed by atoms with Crippen LogP contribution in [-0.2, 0) is 19.1 Å². The van der Waals surface area contributed by atoms with Crippen LogP contribution in [0.3, 0.4) is 0 Å². The number of carbonyl (C=O) groups excluding carboxylic acids is 2. The van der Waals surface area contributed by atoms with Crippen LogP contribution >= 0.6 is 0 Å². The van der Waals surface area contributed by atoms with E-state index in [4.69, 9.17) is 9.47 Å². The van der Waals surface area contributed by atoms with Gasteiger partial charge < -0.3 is 9.47 Å². The van der Waals surface area contributed by atoms with Gasteiger partial charge in [-0.15, -0.1) is 0 Å². The Morgan fingerprint density at radius 3 is 2.27 bits per heavy atom. The van der Waals surface area contributed by atoms with Crippen molar-refractivity contribution < 1.29 is 19.1 Å². The van der Waals surface area contributed by atoms with Crippen molar-refractivity contribution in [2.75, 3.05) is 13.2 Å². The van der Waals surface area contributed by atoms with Gasteiger partial charge in [-0.2, -0.15) is 0 Å². The highest BCUT2D eigenvalue weighted by molar-refractivity contribution is 5.91. The van der Waals surface area contributed by atoms with Gasteiger partial charge in [0.25, 0.3) is 0 Å². The molecule has 0 spiro atoms. The van der Waals surface area contributed by atoms with E-state index in [2.05, 4.69) is 6.58 Å². The summed E-state index contributed by atoms with van der Waals surface area (Å²) in [6.07, 6.45) is 3.08. The molecule has 4 heteroatoms. The molecule has 0 aromatic carbocycles. The van der Waals surface area contributed by atoms with Crippen molar-refractivity contribution in [3.05, 3.63) is 23.3 Å². The van der Waals surface area contributed by atoms with Crippen LogP contribution in [0.4, 0.5) is 0 Å². The van der Waals surface area contributed by atoms with Crippen molar-refractivity contribution in [2.45, 2.75) is 59.8 Å². The second-order valence-electron chi connectivity index (χ2n) is 5.59. The molecular weight excluding hydrogens is 280 g/mol. The van der Waals surface area contributed by atoms with E-state index in [1.54, 1.807) is 6.92 Å². The molecule has 0 aliphatic heterocycles. The first-order valence-electron chi connectivity index (χ1n) is 8.20. The number of allylic oxidation sites excluding steroid dienone is 1. The standard InChI is InChI=1S/C18H28O4/c1-6-13(5)18(17(20)22-9-4)11-10-15(14(7-2)12-18)16(19)21-8-3/h5-12H2,1-4H3. The van der Waals surface area contributed by atoms with Gasteiger partial charge in [0.15, 0.2) is 0 Å². The molecule has 124 valence electrons. The maximum absolute atomic E-state index is 12.6. The molecule has 0 N–H and O–H groups in total. The molecule has 0 saturated heterocycles. The van der Waals surface area contributed by atoms with Crippen molar-refractivity contribution in [1.82, 2.24) is 0 Å². The predicted molar refractivity (Wildman–Crippen MR) is 86.3 cm³/mol. The molecule has 1 unspecified atom stereocenters. The highest BCUT2D eigenvalue weighted by Crippen LogP contribution is 2.47. The Balaban J connectivity index is 3.18. The lowest BCUT2D eigenvalue weighted by Gasteiger charge is -2.38. The summed E-state index contributed by atoms with van der Waals surface area (Å²) in [6, 6.07) is 0. The zero-order chi connectivity index (χ0) is 16.8. The van der Waals surface area contributed by atoms with Crippen LogP contribution < -0.4 is 0 Å². The van der Waals surface area contributed by atoms with Crippen LogP contribution in [0.2, 0.25) is 0 Å². The van der Waals surface area contributed by atoms with Crippen LogP contribution in [0.15, 0.2) is 23.3 Å². The van der Waals surface area contributed by atoms with E-state index in [1.807, 2.05) is 20.8 Å². The van der Waals surface area contributed by atoms with Crippen molar-refractivity contribution in [2.24, 2.45) is 5.41 Å². The fourth-order valence-electron chi connectivity index (χ4n) is 3.11. The zero-order valence-electron chi connectivity index (χ0n) is 14.3. The number of ether oxygens (including phenoxy) is 2. The number of carbonyl (C=O) groups is 2. The summed E-state index contributed by atoms with van der Waals surface area (Å²) in [7, 11) is 0. The Morgan fingerprint density at radius 1 is 1.14 bits per heavy atom. The summed E-state index contributed by atoms with van der Waals surface area (Å²) < 4.78 is 10.4. The van der Waals surface area contributed by atoms with Crippen LogP contribution in [0.1, 0.15) is 59.8 Å². The average Bonchev–Trinajstić information content (AvgIpc) is 2.53. The summed E-state index contributed by atoms with van der Waals surface area (Å²) in [5.41, 5.74) is 1.92. The molecule has 1 aliphatic carbocycles. The molecule has 0 radical (unpaired) electrons. The minimum Gasteiger partial charge on any atom is -0.465 e. The third-order valence-corrected chi connectivity index (χ3v) is 4.46. The fraction of sp³-hybridized carbons (Fsp3) is 0.667. The third-order valence-electron chi connectivity index (χ3n) is 4.46. The third kappa shape index (κ3) is 3.60. The molecule has 1 rings (SSSR count). The molecule has 0 fully saturated rings. The lowest BCUT2D eigenvalue weighted by Crippen LogP contribution is -2.38. The smallest absolute Gasteiger partial charge is 0.333 e. The number of hydrogen-bond acceptors (Lipinski definition) is 4. The molecule has 0 aromatic heterocycles. The lowest BCUT2D eigenvalue weighted by atomic mass is 9.66. The second kappa shape index (κ2) is 8.16. The molecule has 1 aliphatic rings. The van der Waals surface area contributed by atoms with E-state index in [-0.39, 0.29) is 11.9 Å². The first-order chi connectivity index (χ1) is 10.5. The Kier molecular flexibility index (Phi) is 6.85. The minimum absolute atomic E-state index is 0.212. The summed E-state index contributed by atoms with van der Waals surface area (Å²) in [6.45, 7) is 12.4. The van der Waals surface area contributed by atoms with E-state index < -0.39 is 5.41 Å².